The Labute approximate surface area is 132 Å². The van der Waals surface area contributed by atoms with Gasteiger partial charge in [0, 0.05) is 5.33 Å². The predicted octanol–water partition coefficient (Wildman–Crippen LogP) is 5.59. The largest absolute Gasteiger partial charge is 0.494 e. The van der Waals surface area contributed by atoms with Gasteiger partial charge in [-0.25, -0.2) is 0 Å². The van der Waals surface area contributed by atoms with Crippen LogP contribution in [0.5, 0.6) is 11.5 Å². The number of hydrogen-bond acceptors (Lipinski definition) is 2. The van der Waals surface area contributed by atoms with E-state index < -0.39 is 0 Å². The van der Waals surface area contributed by atoms with Crippen molar-refractivity contribution in [1.29, 1.82) is 0 Å². The monoisotopic (exact) mass is 342 g/mol. The first-order chi connectivity index (χ1) is 9.86. The summed E-state index contributed by atoms with van der Waals surface area (Å²) in [4.78, 5) is 0. The molecule has 0 saturated carbocycles. The van der Waals surface area contributed by atoms with Crippen molar-refractivity contribution in [3.63, 3.8) is 0 Å². The van der Waals surface area contributed by atoms with Crippen molar-refractivity contribution >= 4 is 15.9 Å². The molecule has 0 N–H and O–H groups in total. The van der Waals surface area contributed by atoms with E-state index in [0.29, 0.717) is 0 Å². The van der Waals surface area contributed by atoms with Gasteiger partial charge in [-0.1, -0.05) is 48.5 Å². The molecule has 0 bridgehead atoms. The number of hydrogen-bond donors (Lipinski definition) is 0. The molecule has 1 rings (SSSR count). The summed E-state index contributed by atoms with van der Waals surface area (Å²) in [5.74, 6) is 1.86. The summed E-state index contributed by atoms with van der Waals surface area (Å²) < 4.78 is 11.4. The highest BCUT2D eigenvalue weighted by Crippen LogP contribution is 2.18. The summed E-state index contributed by atoms with van der Waals surface area (Å²) in [5.41, 5.74) is 0. The van der Waals surface area contributed by atoms with Gasteiger partial charge in [-0.05, 0) is 43.5 Å². The number of alkyl halides is 1. The highest BCUT2D eigenvalue weighted by molar-refractivity contribution is 9.09. The Morgan fingerprint density at radius 1 is 0.750 bits per heavy atom. The van der Waals surface area contributed by atoms with Crippen LogP contribution in [-0.2, 0) is 0 Å². The first kappa shape index (κ1) is 17.4. The van der Waals surface area contributed by atoms with Crippen LogP contribution >= 0.6 is 15.9 Å². The fourth-order valence-electron chi connectivity index (χ4n) is 1.91. The first-order valence-corrected chi connectivity index (χ1v) is 8.90. The van der Waals surface area contributed by atoms with E-state index in [1.165, 1.54) is 25.7 Å². The van der Waals surface area contributed by atoms with Gasteiger partial charge in [0.05, 0.1) is 13.2 Å². The normalized spacial score (nSPS) is 10.5. The van der Waals surface area contributed by atoms with Gasteiger partial charge in [-0.3, -0.25) is 0 Å². The van der Waals surface area contributed by atoms with E-state index in [4.69, 9.17) is 9.47 Å². The minimum atomic E-state index is 0.781. The van der Waals surface area contributed by atoms with Crippen molar-refractivity contribution in [2.45, 2.75) is 51.9 Å². The number of ether oxygens (including phenoxy) is 2. The van der Waals surface area contributed by atoms with E-state index in [9.17, 15) is 0 Å². The molecule has 20 heavy (non-hydrogen) atoms. The fourth-order valence-corrected chi connectivity index (χ4v) is 2.31. The van der Waals surface area contributed by atoms with Gasteiger partial charge in [0.25, 0.3) is 0 Å². The number of benzene rings is 1. The molecule has 0 unspecified atom stereocenters. The Hall–Kier alpha value is -0.700. The minimum Gasteiger partial charge on any atom is -0.494 e. The molecule has 114 valence electrons. The van der Waals surface area contributed by atoms with Crippen molar-refractivity contribution in [3.8, 4) is 11.5 Å². The van der Waals surface area contributed by atoms with Crippen LogP contribution in [0, 0.1) is 0 Å². The van der Waals surface area contributed by atoms with Crippen LogP contribution in [0.25, 0.3) is 0 Å². The molecule has 2 nitrogen and oxygen atoms in total. The van der Waals surface area contributed by atoms with Gasteiger partial charge < -0.3 is 9.47 Å². The molecule has 0 fully saturated rings. The molecule has 0 heterocycles. The van der Waals surface area contributed by atoms with Gasteiger partial charge in [-0.2, -0.15) is 0 Å². The lowest BCUT2D eigenvalue weighted by molar-refractivity contribution is 0.298. The standard InChI is InChI=1S/C17H27BrO2/c1-2-3-4-5-7-14-19-16-9-11-17(12-10-16)20-15-8-6-13-18/h9-12H,2-8,13-15H2,1H3. The third-order valence-corrected chi connectivity index (χ3v) is 3.70. The fraction of sp³-hybridized carbons (Fsp3) is 0.647. The van der Waals surface area contributed by atoms with Crippen LogP contribution < -0.4 is 9.47 Å². The SMILES string of the molecule is CCCCCCCOc1ccc(OCCCCBr)cc1. The van der Waals surface area contributed by atoms with Crippen molar-refractivity contribution < 1.29 is 9.47 Å². The average molecular weight is 343 g/mol. The molecule has 0 amide bonds. The maximum Gasteiger partial charge on any atom is 0.119 e. The van der Waals surface area contributed by atoms with Crippen molar-refractivity contribution in [1.82, 2.24) is 0 Å². The molecule has 1 aromatic rings. The zero-order valence-corrected chi connectivity index (χ0v) is 14.2. The zero-order chi connectivity index (χ0) is 14.5. The second-order valence-electron chi connectivity index (χ2n) is 4.98. The quantitative estimate of drug-likeness (QED) is 0.364. The van der Waals surface area contributed by atoms with Crippen molar-refractivity contribution in [2.24, 2.45) is 0 Å². The number of rotatable bonds is 12. The van der Waals surface area contributed by atoms with Crippen LogP contribution in [0.1, 0.15) is 51.9 Å². The Morgan fingerprint density at radius 2 is 1.25 bits per heavy atom. The Morgan fingerprint density at radius 3 is 1.75 bits per heavy atom. The summed E-state index contributed by atoms with van der Waals surface area (Å²) >= 11 is 3.42. The summed E-state index contributed by atoms with van der Waals surface area (Å²) in [5, 5.41) is 1.04. The van der Waals surface area contributed by atoms with Crippen LogP contribution in [0.2, 0.25) is 0 Å². The molecule has 0 aliphatic rings. The molecular weight excluding hydrogens is 316 g/mol. The molecule has 0 atom stereocenters. The van der Waals surface area contributed by atoms with E-state index in [1.54, 1.807) is 0 Å². The van der Waals surface area contributed by atoms with Gasteiger partial charge in [-0.15, -0.1) is 0 Å². The van der Waals surface area contributed by atoms with E-state index in [0.717, 1.165) is 49.3 Å². The second-order valence-corrected chi connectivity index (χ2v) is 5.77. The molecule has 0 radical (unpaired) electrons. The third kappa shape index (κ3) is 8.47. The number of unbranched alkanes of at least 4 members (excludes halogenated alkanes) is 5. The van der Waals surface area contributed by atoms with Crippen molar-refractivity contribution in [3.05, 3.63) is 24.3 Å². The first-order valence-electron chi connectivity index (χ1n) is 7.78. The van der Waals surface area contributed by atoms with Gasteiger partial charge in [0.1, 0.15) is 11.5 Å². The van der Waals surface area contributed by atoms with Crippen molar-refractivity contribution in [2.75, 3.05) is 18.5 Å². The van der Waals surface area contributed by atoms with Gasteiger partial charge in [0.2, 0.25) is 0 Å². The Balaban J connectivity index is 2.12. The predicted molar refractivity (Wildman–Crippen MR) is 89.2 cm³/mol. The third-order valence-electron chi connectivity index (χ3n) is 3.14. The maximum absolute atomic E-state index is 5.72. The molecule has 0 saturated heterocycles. The van der Waals surface area contributed by atoms with E-state index in [2.05, 4.69) is 22.9 Å². The second kappa shape index (κ2) is 12.1. The van der Waals surface area contributed by atoms with E-state index in [1.807, 2.05) is 24.3 Å². The Kier molecular flexibility index (Phi) is 10.5. The average Bonchev–Trinajstić information content (AvgIpc) is 2.49. The van der Waals surface area contributed by atoms with Gasteiger partial charge in [0.15, 0.2) is 0 Å². The minimum absolute atomic E-state index is 0.781. The van der Waals surface area contributed by atoms with Crippen LogP contribution in [0.4, 0.5) is 0 Å². The maximum atomic E-state index is 5.72. The van der Waals surface area contributed by atoms with Crippen LogP contribution in [0.3, 0.4) is 0 Å². The molecule has 0 spiro atoms. The van der Waals surface area contributed by atoms with Gasteiger partial charge >= 0.3 is 0 Å². The van der Waals surface area contributed by atoms with Crippen LogP contribution in [0.15, 0.2) is 24.3 Å². The Bertz CT molecular complexity index is 324. The highest BCUT2D eigenvalue weighted by Gasteiger charge is 1.97. The lowest BCUT2D eigenvalue weighted by Gasteiger charge is -2.08. The van der Waals surface area contributed by atoms with Crippen LogP contribution in [-0.4, -0.2) is 18.5 Å². The molecule has 0 aliphatic heterocycles. The lowest BCUT2D eigenvalue weighted by Crippen LogP contribution is -1.99. The smallest absolute Gasteiger partial charge is 0.119 e. The summed E-state index contributed by atoms with van der Waals surface area (Å²) in [6, 6.07) is 7.96. The number of halogens is 1. The molecule has 0 aromatic heterocycles. The highest BCUT2D eigenvalue weighted by atomic mass is 79.9. The summed E-state index contributed by atoms with van der Waals surface area (Å²) in [6.45, 7) is 3.83. The molecular formula is C17H27BrO2. The van der Waals surface area contributed by atoms with E-state index in [-0.39, 0.29) is 0 Å². The molecule has 3 heteroatoms. The summed E-state index contributed by atoms with van der Waals surface area (Å²) in [7, 11) is 0. The topological polar surface area (TPSA) is 18.5 Å². The lowest BCUT2D eigenvalue weighted by atomic mass is 10.2. The summed E-state index contributed by atoms with van der Waals surface area (Å²) in [6.07, 6.45) is 8.59. The van der Waals surface area contributed by atoms with E-state index >= 15 is 0 Å². The molecule has 1 aromatic carbocycles. The zero-order valence-electron chi connectivity index (χ0n) is 12.6. The molecule has 0 aliphatic carbocycles.